The number of pyridine rings is 1. The molecule has 0 aliphatic carbocycles. The van der Waals surface area contributed by atoms with Gasteiger partial charge in [0.05, 0.1) is 18.2 Å². The van der Waals surface area contributed by atoms with Gasteiger partial charge in [-0.25, -0.2) is 0 Å². The summed E-state index contributed by atoms with van der Waals surface area (Å²) in [6.07, 6.45) is 3.17. The van der Waals surface area contributed by atoms with E-state index in [0.29, 0.717) is 21.6 Å². The van der Waals surface area contributed by atoms with E-state index < -0.39 is 23.5 Å². The van der Waals surface area contributed by atoms with Gasteiger partial charge in [-0.2, -0.15) is 0 Å². The van der Waals surface area contributed by atoms with Gasteiger partial charge >= 0.3 is 0 Å². The Morgan fingerprint density at radius 2 is 2.00 bits per heavy atom. The molecule has 6 nitrogen and oxygen atoms in total. The van der Waals surface area contributed by atoms with Crippen LogP contribution in [0.15, 0.2) is 82.1 Å². The Labute approximate surface area is 186 Å². The van der Waals surface area contributed by atoms with Crippen LogP contribution >= 0.6 is 22.9 Å². The summed E-state index contributed by atoms with van der Waals surface area (Å²) in [7, 11) is 0. The summed E-state index contributed by atoms with van der Waals surface area (Å²) in [6.45, 7) is 0.264. The van der Waals surface area contributed by atoms with Crippen LogP contribution in [0.1, 0.15) is 27.0 Å². The van der Waals surface area contributed by atoms with E-state index in [9.17, 15) is 14.7 Å². The lowest BCUT2D eigenvalue weighted by molar-refractivity contribution is -0.130. The first kappa shape index (κ1) is 19.5. The first-order valence-electron chi connectivity index (χ1n) is 9.43. The zero-order chi connectivity index (χ0) is 21.5. The minimum atomic E-state index is -0.762. The average Bonchev–Trinajstić information content (AvgIpc) is 3.49. The Hall–Kier alpha value is -3.42. The number of aliphatic hydroxyl groups is 1. The van der Waals surface area contributed by atoms with Crippen molar-refractivity contribution in [1.29, 1.82) is 0 Å². The lowest BCUT2D eigenvalue weighted by atomic mass is 9.95. The highest BCUT2D eigenvalue weighted by atomic mass is 35.5. The first-order valence-corrected chi connectivity index (χ1v) is 10.7. The van der Waals surface area contributed by atoms with Crippen LogP contribution < -0.4 is 0 Å². The van der Waals surface area contributed by atoms with Crippen LogP contribution in [0.25, 0.3) is 11.0 Å². The van der Waals surface area contributed by atoms with Gasteiger partial charge in [-0.05, 0) is 53.4 Å². The van der Waals surface area contributed by atoms with Gasteiger partial charge in [-0.15, -0.1) is 11.3 Å². The van der Waals surface area contributed by atoms with E-state index >= 15 is 0 Å². The predicted molar refractivity (Wildman–Crippen MR) is 117 cm³/mol. The summed E-state index contributed by atoms with van der Waals surface area (Å²) in [5.41, 5.74) is 1.15. The molecule has 3 aromatic heterocycles. The van der Waals surface area contributed by atoms with Crippen molar-refractivity contribution in [2.24, 2.45) is 0 Å². The van der Waals surface area contributed by atoms with Gasteiger partial charge in [0, 0.05) is 27.7 Å². The van der Waals surface area contributed by atoms with Crippen molar-refractivity contribution in [3.05, 3.63) is 98.9 Å². The third kappa shape index (κ3) is 3.41. The van der Waals surface area contributed by atoms with E-state index in [1.165, 1.54) is 16.2 Å². The number of aliphatic hydroxyl groups excluding tert-OH is 1. The standard InChI is InChI=1S/C23H15ClN2O4S/c24-15-3-4-17-14(10-15)11-18(30-17)21(27)19-20(13-5-7-25-8-6-13)26(23(29)22(19)28)12-16-2-1-9-31-16/h1-11,20,28H,12H2. The number of benzene rings is 1. The fourth-order valence-electron chi connectivity index (χ4n) is 3.77. The number of thiophene rings is 1. The molecule has 1 atom stereocenters. The molecule has 4 aromatic rings. The van der Waals surface area contributed by atoms with Crippen LogP contribution in [0.2, 0.25) is 5.02 Å². The van der Waals surface area contributed by atoms with Crippen molar-refractivity contribution in [3.8, 4) is 0 Å². The molecule has 1 amide bonds. The number of fused-ring (bicyclic) bond motifs is 1. The highest BCUT2D eigenvalue weighted by Crippen LogP contribution is 2.40. The number of ketones is 1. The Bertz CT molecular complexity index is 1330. The highest BCUT2D eigenvalue weighted by Gasteiger charge is 2.44. The molecule has 0 fully saturated rings. The maximum absolute atomic E-state index is 13.5. The van der Waals surface area contributed by atoms with Gasteiger partial charge in [0.2, 0.25) is 5.78 Å². The van der Waals surface area contributed by atoms with E-state index in [0.717, 1.165) is 4.88 Å². The largest absolute Gasteiger partial charge is 0.503 e. The zero-order valence-electron chi connectivity index (χ0n) is 16.0. The van der Waals surface area contributed by atoms with Crippen LogP contribution in [0.5, 0.6) is 0 Å². The van der Waals surface area contributed by atoms with Crippen molar-refractivity contribution in [2.45, 2.75) is 12.6 Å². The SMILES string of the molecule is O=C(C1=C(O)C(=O)N(Cc2cccs2)C1c1ccncc1)c1cc2cc(Cl)ccc2o1. The zero-order valence-corrected chi connectivity index (χ0v) is 17.6. The Morgan fingerprint density at radius 1 is 1.19 bits per heavy atom. The minimum absolute atomic E-state index is 0.0158. The van der Waals surface area contributed by atoms with Gasteiger partial charge in [-0.3, -0.25) is 14.6 Å². The quantitative estimate of drug-likeness (QED) is 0.416. The number of furan rings is 1. The molecule has 0 spiro atoms. The molecule has 0 bridgehead atoms. The summed E-state index contributed by atoms with van der Waals surface area (Å²) in [4.78, 5) is 32.9. The van der Waals surface area contributed by atoms with Crippen LogP contribution in [0, 0.1) is 0 Å². The number of halogens is 1. The number of nitrogens with zero attached hydrogens (tertiary/aromatic N) is 2. The van der Waals surface area contributed by atoms with Crippen LogP contribution in [-0.4, -0.2) is 26.7 Å². The highest BCUT2D eigenvalue weighted by molar-refractivity contribution is 7.09. The number of amides is 1. The number of Topliss-reactive ketones (excluding diaryl/α,β-unsaturated/α-hetero) is 1. The molecule has 1 N–H and O–H groups in total. The van der Waals surface area contributed by atoms with Crippen molar-refractivity contribution < 1.29 is 19.1 Å². The normalized spacial score (nSPS) is 16.5. The minimum Gasteiger partial charge on any atom is -0.503 e. The van der Waals surface area contributed by atoms with E-state index in [1.54, 1.807) is 48.8 Å². The topological polar surface area (TPSA) is 83.6 Å². The number of rotatable bonds is 5. The van der Waals surface area contributed by atoms with Crippen molar-refractivity contribution in [3.63, 3.8) is 0 Å². The van der Waals surface area contributed by atoms with Crippen LogP contribution in [-0.2, 0) is 11.3 Å². The van der Waals surface area contributed by atoms with Crippen molar-refractivity contribution in [2.75, 3.05) is 0 Å². The Morgan fingerprint density at radius 3 is 2.74 bits per heavy atom. The summed E-state index contributed by atoms with van der Waals surface area (Å²) < 4.78 is 5.71. The molecule has 0 saturated heterocycles. The summed E-state index contributed by atoms with van der Waals surface area (Å²) >= 11 is 7.53. The van der Waals surface area contributed by atoms with Gasteiger partial charge in [0.1, 0.15) is 5.58 Å². The molecule has 5 rings (SSSR count). The van der Waals surface area contributed by atoms with Crippen LogP contribution in [0.3, 0.4) is 0 Å². The van der Waals surface area contributed by atoms with Gasteiger partial charge in [0.25, 0.3) is 5.91 Å². The van der Waals surface area contributed by atoms with E-state index in [1.807, 2.05) is 17.5 Å². The molecule has 0 radical (unpaired) electrons. The molecule has 0 saturated carbocycles. The molecule has 4 heterocycles. The van der Waals surface area contributed by atoms with Gasteiger partial charge in [0.15, 0.2) is 11.5 Å². The Kier molecular flexibility index (Phi) is 4.84. The lowest BCUT2D eigenvalue weighted by Crippen LogP contribution is -2.30. The second-order valence-corrected chi connectivity index (χ2v) is 8.55. The molecule has 8 heteroatoms. The number of hydrogen-bond donors (Lipinski definition) is 1. The van der Waals surface area contributed by atoms with Gasteiger partial charge in [-0.1, -0.05) is 17.7 Å². The maximum Gasteiger partial charge on any atom is 0.290 e. The summed E-state index contributed by atoms with van der Waals surface area (Å²) in [5, 5.41) is 13.8. The number of carbonyl (C=O) groups excluding carboxylic acids is 2. The molecular formula is C23H15ClN2O4S. The molecule has 1 unspecified atom stereocenters. The predicted octanol–water partition coefficient (Wildman–Crippen LogP) is 5.32. The van der Waals surface area contributed by atoms with Gasteiger partial charge < -0.3 is 14.4 Å². The molecule has 1 aliphatic heterocycles. The van der Waals surface area contributed by atoms with E-state index in [4.69, 9.17) is 16.0 Å². The smallest absolute Gasteiger partial charge is 0.290 e. The molecule has 154 valence electrons. The second kappa shape index (κ2) is 7.68. The summed E-state index contributed by atoms with van der Waals surface area (Å²) in [6, 6.07) is 13.1. The van der Waals surface area contributed by atoms with Crippen molar-refractivity contribution >= 4 is 45.6 Å². The first-order chi connectivity index (χ1) is 15.0. The lowest BCUT2D eigenvalue weighted by Gasteiger charge is -2.26. The van der Waals surface area contributed by atoms with E-state index in [-0.39, 0.29) is 17.9 Å². The molecule has 31 heavy (non-hydrogen) atoms. The third-order valence-electron chi connectivity index (χ3n) is 5.18. The van der Waals surface area contributed by atoms with Crippen molar-refractivity contribution in [1.82, 2.24) is 9.88 Å². The Balaban J connectivity index is 1.60. The summed E-state index contributed by atoms with van der Waals surface area (Å²) in [5.74, 6) is -1.68. The average molecular weight is 451 g/mol. The number of aromatic nitrogens is 1. The van der Waals surface area contributed by atoms with Crippen LogP contribution in [0.4, 0.5) is 0 Å². The fraction of sp³-hybridized carbons (Fsp3) is 0.0870. The third-order valence-corrected chi connectivity index (χ3v) is 6.27. The number of hydrogen-bond acceptors (Lipinski definition) is 6. The molecular weight excluding hydrogens is 436 g/mol. The molecule has 1 aliphatic rings. The monoisotopic (exact) mass is 450 g/mol. The van der Waals surface area contributed by atoms with E-state index in [2.05, 4.69) is 4.98 Å². The molecule has 1 aromatic carbocycles. The second-order valence-electron chi connectivity index (χ2n) is 7.08. The number of carbonyl (C=O) groups is 2. The maximum atomic E-state index is 13.5. The fourth-order valence-corrected chi connectivity index (χ4v) is 4.65.